The zero-order valence-corrected chi connectivity index (χ0v) is 16.6. The van der Waals surface area contributed by atoms with Crippen LogP contribution in [-0.4, -0.2) is 37.1 Å². The largest absolute Gasteiger partial charge is 0.460 e. The molecule has 0 saturated carbocycles. The fourth-order valence-electron chi connectivity index (χ4n) is 3.02. The van der Waals surface area contributed by atoms with Crippen molar-refractivity contribution in [1.29, 1.82) is 0 Å². The van der Waals surface area contributed by atoms with Gasteiger partial charge in [0.05, 0.1) is 5.69 Å². The van der Waals surface area contributed by atoms with Crippen LogP contribution in [0.15, 0.2) is 41.4 Å². The van der Waals surface area contributed by atoms with Gasteiger partial charge < -0.3 is 5.32 Å². The Labute approximate surface area is 180 Å². The van der Waals surface area contributed by atoms with E-state index in [0.717, 1.165) is 36.4 Å². The van der Waals surface area contributed by atoms with Crippen LogP contribution in [0.4, 0.5) is 45.2 Å². The van der Waals surface area contributed by atoms with Crippen LogP contribution >= 0.6 is 0 Å². The number of isocyanates is 1. The smallest absolute Gasteiger partial charge is 0.355 e. The molecule has 0 aliphatic carbocycles. The van der Waals surface area contributed by atoms with Gasteiger partial charge in [-0.15, -0.1) is 0 Å². The number of carbonyl (C=O) groups is 1. The molecule has 0 bridgehead atoms. The molecule has 0 saturated heterocycles. The van der Waals surface area contributed by atoms with Crippen molar-refractivity contribution in [2.75, 3.05) is 7.05 Å². The second-order valence-electron chi connectivity index (χ2n) is 6.68. The lowest BCUT2D eigenvalue weighted by Gasteiger charge is -2.34. The first-order valence-corrected chi connectivity index (χ1v) is 8.79. The van der Waals surface area contributed by atoms with Crippen molar-refractivity contribution in [2.24, 2.45) is 4.99 Å². The van der Waals surface area contributed by atoms with Crippen molar-refractivity contribution < 1.29 is 49.1 Å². The first-order valence-electron chi connectivity index (χ1n) is 8.79. The van der Waals surface area contributed by atoms with Crippen LogP contribution in [0.25, 0.3) is 11.1 Å². The highest BCUT2D eigenvalue weighted by molar-refractivity contribution is 5.99. The van der Waals surface area contributed by atoms with Gasteiger partial charge in [-0.3, -0.25) is 4.79 Å². The van der Waals surface area contributed by atoms with Crippen LogP contribution in [0.5, 0.6) is 0 Å². The minimum Gasteiger partial charge on any atom is -0.355 e. The molecule has 13 heteroatoms. The van der Waals surface area contributed by atoms with E-state index in [2.05, 4.69) is 10.3 Å². The summed E-state index contributed by atoms with van der Waals surface area (Å²) in [6.45, 7) is 1.22. The first kappa shape index (κ1) is 25.9. The zero-order valence-electron chi connectivity index (χ0n) is 16.6. The van der Waals surface area contributed by atoms with Gasteiger partial charge in [0.25, 0.3) is 5.91 Å². The van der Waals surface area contributed by atoms with E-state index in [9.17, 15) is 49.1 Å². The summed E-state index contributed by atoms with van der Waals surface area (Å²) in [5, 5.41) is 2.25. The summed E-state index contributed by atoms with van der Waals surface area (Å²) in [6.07, 6.45) is -5.89. The molecule has 1 N–H and O–H groups in total. The lowest BCUT2D eigenvalue weighted by atomic mass is 9.88. The Balaban J connectivity index is 2.86. The molecule has 0 aliphatic heterocycles. The van der Waals surface area contributed by atoms with Gasteiger partial charge in [0, 0.05) is 23.7 Å². The minimum atomic E-state index is -7.08. The molecule has 4 nitrogen and oxygen atoms in total. The number of amides is 1. The normalized spacial score (nSPS) is 12.8. The van der Waals surface area contributed by atoms with E-state index in [1.165, 1.54) is 14.0 Å². The van der Waals surface area contributed by atoms with Gasteiger partial charge >= 0.3 is 23.9 Å². The number of hydrogen-bond donors (Lipinski definition) is 1. The molecule has 2 aromatic carbocycles. The SMILES string of the molecule is CNC(=O)c1ccc(-c2ccccc2C(F)(F)C(F)(F)C(F)(F)C(F)(F)F)c(N=C=O)c1C. The third-order valence-corrected chi connectivity index (χ3v) is 4.76. The lowest BCUT2D eigenvalue weighted by molar-refractivity contribution is -0.399. The summed E-state index contributed by atoms with van der Waals surface area (Å²) >= 11 is 0. The van der Waals surface area contributed by atoms with Crippen LogP contribution in [-0.2, 0) is 10.7 Å². The molecule has 33 heavy (non-hydrogen) atoms. The number of aliphatic imine (C=N–C) groups is 1. The molecule has 0 aliphatic rings. The minimum absolute atomic E-state index is 0.0966. The second-order valence-corrected chi connectivity index (χ2v) is 6.68. The summed E-state index contributed by atoms with van der Waals surface area (Å²) < 4.78 is 122. The Kier molecular flexibility index (Phi) is 6.71. The predicted molar refractivity (Wildman–Crippen MR) is 97.6 cm³/mol. The molecule has 178 valence electrons. The number of nitrogens with one attached hydrogen (secondary N) is 1. The third-order valence-electron chi connectivity index (χ3n) is 4.76. The van der Waals surface area contributed by atoms with Gasteiger partial charge in [0.2, 0.25) is 6.08 Å². The van der Waals surface area contributed by atoms with Crippen LogP contribution in [0, 0.1) is 6.92 Å². The maximum Gasteiger partial charge on any atom is 0.460 e. The molecule has 2 rings (SSSR count). The average molecular weight is 484 g/mol. The highest BCUT2D eigenvalue weighted by atomic mass is 19.4. The molecule has 0 aromatic heterocycles. The molecule has 0 unspecified atom stereocenters. The number of benzene rings is 2. The molecule has 1 amide bonds. The number of nitrogens with zero attached hydrogens (tertiary/aromatic N) is 1. The van der Waals surface area contributed by atoms with E-state index in [1.807, 2.05) is 0 Å². The van der Waals surface area contributed by atoms with E-state index < -0.39 is 52.2 Å². The summed E-state index contributed by atoms with van der Waals surface area (Å²) in [6, 6.07) is 4.68. The number of carbonyl (C=O) groups excluding carboxylic acids is 2. The van der Waals surface area contributed by atoms with Crippen molar-refractivity contribution in [3.8, 4) is 11.1 Å². The maximum atomic E-state index is 14.7. The van der Waals surface area contributed by atoms with E-state index in [1.54, 1.807) is 0 Å². The summed E-state index contributed by atoms with van der Waals surface area (Å²) in [7, 11) is 1.25. The number of rotatable bonds is 6. The lowest BCUT2D eigenvalue weighted by Crippen LogP contribution is -2.59. The Bertz CT molecular complexity index is 1120. The van der Waals surface area contributed by atoms with E-state index in [4.69, 9.17) is 0 Å². The Hall–Kier alpha value is -3.34. The molecule has 0 fully saturated rings. The Morgan fingerprint density at radius 1 is 0.879 bits per heavy atom. The summed E-state index contributed by atoms with van der Waals surface area (Å²) in [5.74, 6) is -20.7. The molecule has 0 radical (unpaired) electrons. The van der Waals surface area contributed by atoms with E-state index >= 15 is 0 Å². The Morgan fingerprint density at radius 2 is 1.45 bits per heavy atom. The average Bonchev–Trinajstić information content (AvgIpc) is 2.73. The van der Waals surface area contributed by atoms with Crippen molar-refractivity contribution in [3.05, 3.63) is 53.1 Å². The van der Waals surface area contributed by atoms with Crippen LogP contribution < -0.4 is 5.32 Å². The molecule has 2 aromatic rings. The van der Waals surface area contributed by atoms with E-state index in [-0.39, 0.29) is 17.2 Å². The number of hydrogen-bond acceptors (Lipinski definition) is 3. The van der Waals surface area contributed by atoms with Crippen LogP contribution in [0.2, 0.25) is 0 Å². The first-order chi connectivity index (χ1) is 15.1. The second kappa shape index (κ2) is 8.54. The molecule has 0 heterocycles. The molecule has 0 atom stereocenters. The standard InChI is InChI=1S/C20H13F9N2O2/c1-10-11(16(33)30-2)7-8-13(15(10)31-9-32)12-5-3-4-6-14(12)17(21,22)18(23,24)19(25,26)20(27,28)29/h3-8H,1-2H3,(H,30,33). The van der Waals surface area contributed by atoms with Crippen molar-refractivity contribution in [2.45, 2.75) is 30.9 Å². The van der Waals surface area contributed by atoms with Gasteiger partial charge in [0.1, 0.15) is 0 Å². The Morgan fingerprint density at radius 3 is 1.97 bits per heavy atom. The summed E-state index contributed by atoms with van der Waals surface area (Å²) in [4.78, 5) is 26.1. The van der Waals surface area contributed by atoms with Gasteiger partial charge in [-0.25, -0.2) is 4.79 Å². The maximum absolute atomic E-state index is 14.7. The van der Waals surface area contributed by atoms with Gasteiger partial charge in [-0.1, -0.05) is 30.3 Å². The zero-order chi connectivity index (χ0) is 25.4. The van der Waals surface area contributed by atoms with Gasteiger partial charge in [-0.05, 0) is 24.1 Å². The quantitative estimate of drug-likeness (QED) is 0.315. The van der Waals surface area contributed by atoms with Crippen LogP contribution in [0.1, 0.15) is 21.5 Å². The summed E-state index contributed by atoms with van der Waals surface area (Å²) in [5.41, 5.74) is -4.01. The van der Waals surface area contributed by atoms with Gasteiger partial charge in [-0.2, -0.15) is 44.5 Å². The van der Waals surface area contributed by atoms with Crippen molar-refractivity contribution >= 4 is 17.7 Å². The fraction of sp³-hybridized carbons (Fsp3) is 0.300. The topological polar surface area (TPSA) is 58.5 Å². The molecular weight excluding hydrogens is 471 g/mol. The molecular formula is C20H13F9N2O2. The number of halogens is 9. The monoisotopic (exact) mass is 484 g/mol. The van der Waals surface area contributed by atoms with Crippen molar-refractivity contribution in [1.82, 2.24) is 5.32 Å². The molecule has 0 spiro atoms. The third kappa shape index (κ3) is 4.08. The fourth-order valence-corrected chi connectivity index (χ4v) is 3.02. The van der Waals surface area contributed by atoms with E-state index in [0.29, 0.717) is 0 Å². The highest BCUT2D eigenvalue weighted by Crippen LogP contribution is 2.58. The van der Waals surface area contributed by atoms with Crippen molar-refractivity contribution in [3.63, 3.8) is 0 Å². The number of alkyl halides is 9. The highest BCUT2D eigenvalue weighted by Gasteiger charge is 2.82. The predicted octanol–water partition coefficient (Wildman–Crippen LogP) is 5.91. The van der Waals surface area contributed by atoms with Gasteiger partial charge in [0.15, 0.2) is 0 Å². The van der Waals surface area contributed by atoms with Crippen LogP contribution in [0.3, 0.4) is 0 Å².